The Bertz CT molecular complexity index is 1510. The lowest BCUT2D eigenvalue weighted by Crippen LogP contribution is -2.11. The van der Waals surface area contributed by atoms with Gasteiger partial charge in [0.2, 0.25) is 9.84 Å². The van der Waals surface area contributed by atoms with Gasteiger partial charge in [-0.05, 0) is 79.6 Å². The van der Waals surface area contributed by atoms with E-state index in [9.17, 15) is 22.7 Å². The first-order valence-electron chi connectivity index (χ1n) is 10.5. The van der Waals surface area contributed by atoms with Crippen molar-refractivity contribution in [3.05, 3.63) is 82.9 Å². The number of aliphatic carboxylic acids is 1. The molecular formula is C25H23FN2O5S. The highest BCUT2D eigenvalue weighted by Crippen LogP contribution is 2.31. The van der Waals surface area contributed by atoms with Crippen molar-refractivity contribution in [2.24, 2.45) is 0 Å². The Morgan fingerprint density at radius 2 is 1.79 bits per heavy atom. The van der Waals surface area contributed by atoms with Crippen molar-refractivity contribution in [3.63, 3.8) is 0 Å². The number of sulfone groups is 1. The van der Waals surface area contributed by atoms with E-state index < -0.39 is 21.6 Å². The number of methoxy groups -OCH3 is 1. The lowest BCUT2D eigenvalue weighted by atomic mass is 10.1. The molecule has 0 aliphatic carbocycles. The van der Waals surface area contributed by atoms with Crippen LogP contribution in [-0.2, 0) is 27.6 Å². The molecule has 0 saturated heterocycles. The number of rotatable bonds is 7. The molecule has 0 saturated carbocycles. The highest BCUT2D eigenvalue weighted by molar-refractivity contribution is 7.91. The van der Waals surface area contributed by atoms with Gasteiger partial charge in [0.1, 0.15) is 17.2 Å². The first-order valence-corrected chi connectivity index (χ1v) is 11.9. The lowest BCUT2D eigenvalue weighted by Gasteiger charge is -2.15. The third-order valence-corrected chi connectivity index (χ3v) is 7.64. The van der Waals surface area contributed by atoms with E-state index >= 15 is 0 Å². The van der Waals surface area contributed by atoms with Crippen LogP contribution >= 0.6 is 0 Å². The van der Waals surface area contributed by atoms with Crippen molar-refractivity contribution in [1.29, 1.82) is 0 Å². The van der Waals surface area contributed by atoms with Gasteiger partial charge in [0.25, 0.3) is 0 Å². The summed E-state index contributed by atoms with van der Waals surface area (Å²) in [7, 11) is -2.48. The van der Waals surface area contributed by atoms with Crippen molar-refractivity contribution in [1.82, 2.24) is 9.55 Å². The molecule has 0 aliphatic rings. The van der Waals surface area contributed by atoms with Gasteiger partial charge in [0.05, 0.1) is 29.9 Å². The molecule has 2 aromatic heterocycles. The third-order valence-electron chi connectivity index (χ3n) is 5.77. The monoisotopic (exact) mass is 482 g/mol. The van der Waals surface area contributed by atoms with Crippen molar-refractivity contribution < 1.29 is 27.4 Å². The van der Waals surface area contributed by atoms with Crippen LogP contribution in [0.3, 0.4) is 0 Å². The van der Waals surface area contributed by atoms with E-state index in [0.29, 0.717) is 33.6 Å². The Hall–Kier alpha value is -3.72. The molecule has 176 valence electrons. The number of halogens is 1. The molecule has 1 N–H and O–H groups in total. The predicted molar refractivity (Wildman–Crippen MR) is 124 cm³/mol. The van der Waals surface area contributed by atoms with Crippen LogP contribution in [-0.4, -0.2) is 36.2 Å². The van der Waals surface area contributed by atoms with E-state index in [-0.39, 0.29) is 22.8 Å². The maximum Gasteiger partial charge on any atom is 0.307 e. The average Bonchev–Trinajstić information content (AvgIpc) is 3.04. The van der Waals surface area contributed by atoms with Crippen LogP contribution in [0.15, 0.2) is 64.4 Å². The summed E-state index contributed by atoms with van der Waals surface area (Å²) in [6.45, 7) is 3.74. The number of benzene rings is 2. The number of aromatic nitrogens is 2. The number of hydrogen-bond donors (Lipinski definition) is 1. The van der Waals surface area contributed by atoms with Gasteiger partial charge in [-0.2, -0.15) is 0 Å². The molecule has 0 bridgehead atoms. The van der Waals surface area contributed by atoms with Crippen LogP contribution in [0.1, 0.15) is 22.5 Å². The predicted octanol–water partition coefficient (Wildman–Crippen LogP) is 4.31. The van der Waals surface area contributed by atoms with Crippen LogP contribution in [0.25, 0.3) is 11.0 Å². The molecule has 0 radical (unpaired) electrons. The second-order valence-corrected chi connectivity index (χ2v) is 9.89. The van der Waals surface area contributed by atoms with Gasteiger partial charge in [-0.3, -0.25) is 4.79 Å². The summed E-state index contributed by atoms with van der Waals surface area (Å²) in [4.78, 5) is 16.1. The summed E-state index contributed by atoms with van der Waals surface area (Å²) in [6, 6.07) is 13.0. The number of pyridine rings is 1. The van der Waals surface area contributed by atoms with E-state index in [0.717, 1.165) is 17.8 Å². The molecule has 9 heteroatoms. The van der Waals surface area contributed by atoms with Crippen molar-refractivity contribution >= 4 is 26.8 Å². The van der Waals surface area contributed by atoms with E-state index in [1.807, 2.05) is 23.6 Å². The molecule has 7 nitrogen and oxygen atoms in total. The third kappa shape index (κ3) is 4.26. The fraction of sp³-hybridized carbons (Fsp3) is 0.200. The smallest absolute Gasteiger partial charge is 0.307 e. The van der Waals surface area contributed by atoms with E-state index in [2.05, 4.69) is 4.98 Å². The molecule has 0 amide bonds. The number of hydrogen-bond acceptors (Lipinski definition) is 5. The number of aryl methyl sites for hydroxylation is 1. The molecular weight excluding hydrogens is 459 g/mol. The Morgan fingerprint density at radius 3 is 2.44 bits per heavy atom. The highest BCUT2D eigenvalue weighted by atomic mass is 32.2. The number of fused-ring (bicyclic) bond motifs is 1. The summed E-state index contributed by atoms with van der Waals surface area (Å²) in [5.41, 5.74) is 3.07. The van der Waals surface area contributed by atoms with Crippen molar-refractivity contribution in [3.8, 4) is 5.75 Å². The fourth-order valence-corrected chi connectivity index (χ4v) is 5.51. The van der Waals surface area contributed by atoms with E-state index in [1.54, 1.807) is 19.1 Å². The number of nitrogens with zero attached hydrogens (tertiary/aromatic N) is 2. The van der Waals surface area contributed by atoms with E-state index in [1.165, 1.54) is 25.3 Å². The average molecular weight is 483 g/mol. The van der Waals surface area contributed by atoms with Crippen molar-refractivity contribution in [2.75, 3.05) is 7.11 Å². The van der Waals surface area contributed by atoms with Crippen LogP contribution in [0.5, 0.6) is 5.75 Å². The minimum Gasteiger partial charge on any atom is -0.497 e. The Kier molecular flexibility index (Phi) is 6.14. The van der Waals surface area contributed by atoms with Crippen molar-refractivity contribution in [2.45, 2.75) is 36.6 Å². The molecule has 0 atom stereocenters. The second kappa shape index (κ2) is 8.90. The molecule has 0 aliphatic heterocycles. The first kappa shape index (κ1) is 23.4. The summed E-state index contributed by atoms with van der Waals surface area (Å²) < 4.78 is 47.4. The Labute approximate surface area is 196 Å². The zero-order valence-electron chi connectivity index (χ0n) is 18.9. The summed E-state index contributed by atoms with van der Waals surface area (Å²) >= 11 is 0. The largest absolute Gasteiger partial charge is 0.497 e. The molecule has 4 rings (SSSR count). The van der Waals surface area contributed by atoms with Crippen LogP contribution in [0.4, 0.5) is 4.39 Å². The van der Waals surface area contributed by atoms with Gasteiger partial charge in [0, 0.05) is 16.8 Å². The molecule has 34 heavy (non-hydrogen) atoms. The standard InChI is InChI=1S/C25H23FN2O5S/c1-15-4-10-21-22(13-24(29)30)16(2)28(25(21)27-15)14-17-12-19(33-3)7-11-23(17)34(31,32)20-8-5-18(26)6-9-20/h4-12H,13-14H2,1-3H3,(H,29,30). The second-order valence-electron chi connectivity index (χ2n) is 7.98. The number of carboxylic acid groups (broad SMARTS) is 1. The zero-order chi connectivity index (χ0) is 24.6. The molecule has 0 fully saturated rings. The fourth-order valence-electron chi connectivity index (χ4n) is 4.05. The topological polar surface area (TPSA) is 98.5 Å². The van der Waals surface area contributed by atoms with Gasteiger partial charge in [-0.15, -0.1) is 0 Å². The van der Waals surface area contributed by atoms with Gasteiger partial charge >= 0.3 is 5.97 Å². The minimum atomic E-state index is -3.97. The van der Waals surface area contributed by atoms with Gasteiger partial charge in [0.15, 0.2) is 0 Å². The van der Waals surface area contributed by atoms with E-state index in [4.69, 9.17) is 4.74 Å². The molecule has 2 aromatic carbocycles. The van der Waals surface area contributed by atoms with Gasteiger partial charge in [-0.25, -0.2) is 17.8 Å². The Balaban J connectivity index is 1.91. The maximum absolute atomic E-state index is 13.4. The minimum absolute atomic E-state index is 0.0325. The molecule has 2 heterocycles. The number of carboxylic acids is 1. The maximum atomic E-state index is 13.4. The number of ether oxygens (including phenoxy) is 1. The number of carbonyl (C=O) groups is 1. The molecule has 0 unspecified atom stereocenters. The lowest BCUT2D eigenvalue weighted by molar-refractivity contribution is -0.136. The molecule has 0 spiro atoms. The summed E-state index contributed by atoms with van der Waals surface area (Å²) in [5, 5.41) is 10.1. The summed E-state index contributed by atoms with van der Waals surface area (Å²) in [6.07, 6.45) is -0.182. The normalized spacial score (nSPS) is 11.6. The Morgan fingerprint density at radius 1 is 1.09 bits per heavy atom. The van der Waals surface area contributed by atoms with Gasteiger partial charge < -0.3 is 14.4 Å². The van der Waals surface area contributed by atoms with Crippen LogP contribution in [0.2, 0.25) is 0 Å². The highest BCUT2D eigenvalue weighted by Gasteiger charge is 2.24. The summed E-state index contributed by atoms with van der Waals surface area (Å²) in [5.74, 6) is -1.03. The quantitative estimate of drug-likeness (QED) is 0.394. The SMILES string of the molecule is COc1ccc(S(=O)(=O)c2ccc(F)cc2)c(Cn2c(C)c(CC(=O)O)c3ccc(C)nc32)c1. The molecule has 4 aromatic rings. The van der Waals surface area contributed by atoms with Crippen LogP contribution < -0.4 is 4.74 Å². The van der Waals surface area contributed by atoms with Gasteiger partial charge in [-0.1, -0.05) is 0 Å². The zero-order valence-corrected chi connectivity index (χ0v) is 19.7. The van der Waals surface area contributed by atoms with Crippen LogP contribution in [0, 0.1) is 19.7 Å². The first-order chi connectivity index (χ1) is 16.1.